The highest BCUT2D eigenvalue weighted by molar-refractivity contribution is 7.89. The van der Waals surface area contributed by atoms with Crippen LogP contribution in [0.3, 0.4) is 0 Å². The molecule has 0 atom stereocenters. The number of nitrogens with one attached hydrogen (secondary N) is 1. The van der Waals surface area contributed by atoms with Crippen molar-refractivity contribution in [2.75, 3.05) is 11.9 Å². The van der Waals surface area contributed by atoms with E-state index in [4.69, 9.17) is 4.74 Å². The summed E-state index contributed by atoms with van der Waals surface area (Å²) in [5.74, 6) is 0. The van der Waals surface area contributed by atoms with Crippen molar-refractivity contribution >= 4 is 21.8 Å². The second-order valence-electron chi connectivity index (χ2n) is 7.57. The van der Waals surface area contributed by atoms with Crippen LogP contribution in [-0.2, 0) is 34.3 Å². The minimum atomic E-state index is -3.58. The van der Waals surface area contributed by atoms with Gasteiger partial charge in [0.15, 0.2) is 0 Å². The van der Waals surface area contributed by atoms with E-state index in [-0.39, 0.29) is 13.2 Å². The number of sulfonamides is 1. The van der Waals surface area contributed by atoms with Gasteiger partial charge in [-0.1, -0.05) is 54.1 Å². The first-order chi connectivity index (χ1) is 14.9. The third-order valence-electron chi connectivity index (χ3n) is 5.30. The van der Waals surface area contributed by atoms with Crippen molar-refractivity contribution < 1.29 is 17.9 Å². The Morgan fingerprint density at radius 2 is 1.74 bits per heavy atom. The zero-order valence-electron chi connectivity index (χ0n) is 17.2. The maximum atomic E-state index is 13.0. The number of fused-ring (bicyclic) bond motifs is 1. The summed E-state index contributed by atoms with van der Waals surface area (Å²) in [6, 6.07) is 21.9. The van der Waals surface area contributed by atoms with Crippen LogP contribution in [0, 0.1) is 6.92 Å². The Hall–Kier alpha value is -3.16. The van der Waals surface area contributed by atoms with E-state index in [1.165, 1.54) is 4.31 Å². The molecule has 1 amide bonds. The molecule has 1 N–H and O–H groups in total. The number of carbonyl (C=O) groups is 1. The minimum Gasteiger partial charge on any atom is -0.444 e. The van der Waals surface area contributed by atoms with E-state index in [0.29, 0.717) is 23.5 Å². The number of amides is 1. The molecule has 0 spiro atoms. The first-order valence-corrected chi connectivity index (χ1v) is 11.5. The highest BCUT2D eigenvalue weighted by atomic mass is 32.2. The second-order valence-corrected chi connectivity index (χ2v) is 9.51. The van der Waals surface area contributed by atoms with Crippen molar-refractivity contribution in [3.05, 3.63) is 95.1 Å². The molecule has 0 aliphatic carbocycles. The Kier molecular flexibility index (Phi) is 6.06. The average Bonchev–Trinajstić information content (AvgIpc) is 2.78. The molecule has 1 aliphatic heterocycles. The summed E-state index contributed by atoms with van der Waals surface area (Å²) >= 11 is 0. The van der Waals surface area contributed by atoms with Crippen LogP contribution in [0.4, 0.5) is 10.5 Å². The van der Waals surface area contributed by atoms with E-state index in [9.17, 15) is 13.2 Å². The summed E-state index contributed by atoms with van der Waals surface area (Å²) in [5, 5.41) is 2.72. The quantitative estimate of drug-likeness (QED) is 0.639. The van der Waals surface area contributed by atoms with Crippen LogP contribution in [0.15, 0.2) is 77.7 Å². The Morgan fingerprint density at radius 3 is 2.48 bits per heavy atom. The van der Waals surface area contributed by atoms with Crippen molar-refractivity contribution in [1.29, 1.82) is 0 Å². The Labute approximate surface area is 182 Å². The second kappa shape index (κ2) is 8.91. The molecule has 3 aromatic rings. The normalized spacial score (nSPS) is 14.0. The lowest BCUT2D eigenvalue weighted by Gasteiger charge is -2.28. The van der Waals surface area contributed by atoms with Gasteiger partial charge in [0.05, 0.1) is 4.90 Å². The lowest BCUT2D eigenvalue weighted by molar-refractivity contribution is 0.155. The summed E-state index contributed by atoms with van der Waals surface area (Å²) in [6.07, 6.45) is 0.0721. The number of anilines is 1. The molecular weight excluding hydrogens is 412 g/mol. The van der Waals surface area contributed by atoms with Crippen LogP contribution >= 0.6 is 0 Å². The number of ether oxygens (including phenoxy) is 1. The van der Waals surface area contributed by atoms with Gasteiger partial charge >= 0.3 is 6.09 Å². The van der Waals surface area contributed by atoms with E-state index in [1.807, 2.05) is 55.5 Å². The molecule has 0 saturated carbocycles. The molecule has 160 valence electrons. The maximum absolute atomic E-state index is 13.0. The fourth-order valence-corrected chi connectivity index (χ4v) is 4.97. The van der Waals surface area contributed by atoms with E-state index in [0.717, 1.165) is 22.3 Å². The smallest absolute Gasteiger partial charge is 0.411 e. The molecule has 1 aliphatic rings. The van der Waals surface area contributed by atoms with Gasteiger partial charge in [-0.3, -0.25) is 5.32 Å². The molecule has 0 fully saturated rings. The van der Waals surface area contributed by atoms with Gasteiger partial charge in [-0.25, -0.2) is 13.2 Å². The lowest BCUT2D eigenvalue weighted by Crippen LogP contribution is -2.36. The zero-order chi connectivity index (χ0) is 21.8. The molecule has 1 heterocycles. The van der Waals surface area contributed by atoms with E-state index >= 15 is 0 Å². The third kappa shape index (κ3) is 4.95. The van der Waals surface area contributed by atoms with Gasteiger partial charge in [0, 0.05) is 18.8 Å². The standard InChI is InChI=1S/C24H24N2O4S/c1-18-7-11-23(12-8-18)31(28,29)26-14-13-20-9-10-22(15-21(20)16-26)25-24(27)30-17-19-5-3-2-4-6-19/h2-12,15H,13-14,16-17H2,1H3,(H,25,27). The predicted octanol–water partition coefficient (Wildman–Crippen LogP) is 4.49. The van der Waals surface area contributed by atoms with Crippen LogP contribution in [0.25, 0.3) is 0 Å². The molecule has 31 heavy (non-hydrogen) atoms. The fraction of sp³-hybridized carbons (Fsp3) is 0.208. The summed E-state index contributed by atoms with van der Waals surface area (Å²) in [7, 11) is -3.58. The van der Waals surface area contributed by atoms with Crippen molar-refractivity contribution in [2.24, 2.45) is 0 Å². The Morgan fingerprint density at radius 1 is 1.00 bits per heavy atom. The number of hydrogen-bond acceptors (Lipinski definition) is 4. The number of benzene rings is 3. The first kappa shape index (κ1) is 21.1. The maximum Gasteiger partial charge on any atom is 0.411 e. The van der Waals surface area contributed by atoms with Crippen LogP contribution < -0.4 is 5.32 Å². The van der Waals surface area contributed by atoms with Crippen LogP contribution in [0.2, 0.25) is 0 Å². The third-order valence-corrected chi connectivity index (χ3v) is 7.16. The number of nitrogens with zero attached hydrogens (tertiary/aromatic N) is 1. The monoisotopic (exact) mass is 436 g/mol. The molecule has 0 bridgehead atoms. The Bertz CT molecular complexity index is 1180. The molecule has 4 rings (SSSR count). The van der Waals surface area contributed by atoms with Gasteiger partial charge in [0.25, 0.3) is 0 Å². The van der Waals surface area contributed by atoms with Crippen molar-refractivity contribution in [2.45, 2.75) is 31.4 Å². The summed E-state index contributed by atoms with van der Waals surface area (Å²) in [5.41, 5.74) is 4.45. The molecule has 0 aromatic heterocycles. The number of rotatable bonds is 5. The van der Waals surface area contributed by atoms with Crippen molar-refractivity contribution in [1.82, 2.24) is 4.31 Å². The van der Waals surface area contributed by atoms with Crippen molar-refractivity contribution in [3.8, 4) is 0 Å². The summed E-state index contributed by atoms with van der Waals surface area (Å²) in [4.78, 5) is 12.4. The zero-order valence-corrected chi connectivity index (χ0v) is 18.1. The van der Waals surface area contributed by atoms with Gasteiger partial charge in [0.2, 0.25) is 10.0 Å². The van der Waals surface area contributed by atoms with Crippen LogP contribution in [0.1, 0.15) is 22.3 Å². The molecule has 0 radical (unpaired) electrons. The Balaban J connectivity index is 1.44. The first-order valence-electron chi connectivity index (χ1n) is 10.1. The summed E-state index contributed by atoms with van der Waals surface area (Å²) < 4.78 is 32.8. The number of aryl methyl sites for hydroxylation is 1. The molecule has 7 heteroatoms. The van der Waals surface area contributed by atoms with E-state index in [1.54, 1.807) is 24.3 Å². The molecule has 3 aromatic carbocycles. The predicted molar refractivity (Wildman–Crippen MR) is 119 cm³/mol. The minimum absolute atomic E-state index is 0.181. The van der Waals surface area contributed by atoms with E-state index in [2.05, 4.69) is 5.32 Å². The van der Waals surface area contributed by atoms with Gasteiger partial charge in [-0.05, 0) is 54.3 Å². The van der Waals surface area contributed by atoms with Crippen molar-refractivity contribution in [3.63, 3.8) is 0 Å². The summed E-state index contributed by atoms with van der Waals surface area (Å²) in [6.45, 7) is 2.79. The topological polar surface area (TPSA) is 75.7 Å². The van der Waals surface area contributed by atoms with Gasteiger partial charge < -0.3 is 4.74 Å². The molecule has 6 nitrogen and oxygen atoms in total. The van der Waals surface area contributed by atoms with Crippen LogP contribution in [-0.4, -0.2) is 25.4 Å². The molecular formula is C24H24N2O4S. The highest BCUT2D eigenvalue weighted by Gasteiger charge is 2.28. The van der Waals surface area contributed by atoms with Gasteiger partial charge in [0.1, 0.15) is 6.61 Å². The largest absolute Gasteiger partial charge is 0.444 e. The van der Waals surface area contributed by atoms with Gasteiger partial charge in [-0.15, -0.1) is 0 Å². The molecule has 0 unspecified atom stereocenters. The lowest BCUT2D eigenvalue weighted by atomic mass is 10.0. The SMILES string of the molecule is Cc1ccc(S(=O)(=O)N2CCc3ccc(NC(=O)OCc4ccccc4)cc3C2)cc1. The number of hydrogen-bond donors (Lipinski definition) is 1. The average molecular weight is 437 g/mol. The number of carbonyl (C=O) groups excluding carboxylic acids is 1. The fourth-order valence-electron chi connectivity index (χ4n) is 3.55. The highest BCUT2D eigenvalue weighted by Crippen LogP contribution is 2.27. The molecule has 0 saturated heterocycles. The van der Waals surface area contributed by atoms with Gasteiger partial charge in [-0.2, -0.15) is 4.31 Å². The van der Waals surface area contributed by atoms with Crippen LogP contribution in [0.5, 0.6) is 0 Å². The van der Waals surface area contributed by atoms with E-state index < -0.39 is 16.1 Å².